The van der Waals surface area contributed by atoms with E-state index in [0.29, 0.717) is 0 Å². The average Bonchev–Trinajstić information content (AvgIpc) is 2.38. The van der Waals surface area contributed by atoms with Crippen LogP contribution in [0.15, 0.2) is 35.3 Å². The standard InChI is InChI=1S/C15H22N2S/c1-15(2,17-14-16-11-6-12-18-14)10-9-13-7-4-3-5-8-13/h3-5,7-8H,6,9-12H2,1-2H3,(H,16,17). The van der Waals surface area contributed by atoms with Gasteiger partial charge in [0.25, 0.3) is 0 Å². The van der Waals surface area contributed by atoms with E-state index in [1.807, 2.05) is 11.8 Å². The van der Waals surface area contributed by atoms with Gasteiger partial charge in [0.1, 0.15) is 0 Å². The fourth-order valence-corrected chi connectivity index (χ4v) is 2.99. The van der Waals surface area contributed by atoms with Gasteiger partial charge in [-0.05, 0) is 38.7 Å². The van der Waals surface area contributed by atoms with Crippen molar-refractivity contribution in [1.29, 1.82) is 0 Å². The Bertz CT molecular complexity index is 398. The Morgan fingerprint density at radius 1 is 1.28 bits per heavy atom. The number of thioether (sulfide) groups is 1. The second-order valence-electron chi connectivity index (χ2n) is 5.38. The molecular weight excluding hydrogens is 240 g/mol. The summed E-state index contributed by atoms with van der Waals surface area (Å²) in [7, 11) is 0. The van der Waals surface area contributed by atoms with E-state index in [1.165, 1.54) is 17.7 Å². The summed E-state index contributed by atoms with van der Waals surface area (Å²) in [6, 6.07) is 10.7. The minimum absolute atomic E-state index is 0.110. The van der Waals surface area contributed by atoms with E-state index in [-0.39, 0.29) is 5.54 Å². The van der Waals surface area contributed by atoms with Gasteiger partial charge in [-0.25, -0.2) is 0 Å². The summed E-state index contributed by atoms with van der Waals surface area (Å²) in [6.07, 6.45) is 3.44. The molecule has 1 aliphatic rings. The number of nitrogens with one attached hydrogen (secondary N) is 1. The molecule has 0 saturated carbocycles. The maximum Gasteiger partial charge on any atom is 0.156 e. The summed E-state index contributed by atoms with van der Waals surface area (Å²) >= 11 is 1.85. The maximum absolute atomic E-state index is 4.54. The van der Waals surface area contributed by atoms with Crippen molar-refractivity contribution in [3.05, 3.63) is 35.9 Å². The monoisotopic (exact) mass is 262 g/mol. The molecule has 0 bridgehead atoms. The third-order valence-electron chi connectivity index (χ3n) is 3.12. The van der Waals surface area contributed by atoms with Crippen molar-refractivity contribution in [3.8, 4) is 0 Å². The predicted octanol–water partition coefficient (Wildman–Crippen LogP) is 3.48. The molecule has 18 heavy (non-hydrogen) atoms. The smallest absolute Gasteiger partial charge is 0.156 e. The Morgan fingerprint density at radius 3 is 2.72 bits per heavy atom. The van der Waals surface area contributed by atoms with Gasteiger partial charge in [-0.15, -0.1) is 0 Å². The first-order valence-electron chi connectivity index (χ1n) is 6.65. The van der Waals surface area contributed by atoms with Gasteiger partial charge in [0.2, 0.25) is 0 Å². The van der Waals surface area contributed by atoms with Gasteiger partial charge in [0.05, 0.1) is 0 Å². The van der Waals surface area contributed by atoms with Crippen LogP contribution in [0.5, 0.6) is 0 Å². The van der Waals surface area contributed by atoms with Crippen LogP contribution in [0.25, 0.3) is 0 Å². The molecule has 0 unspecified atom stereocenters. The molecule has 0 radical (unpaired) electrons. The van der Waals surface area contributed by atoms with Crippen LogP contribution >= 0.6 is 11.8 Å². The Kier molecular flexibility index (Phi) is 4.70. The van der Waals surface area contributed by atoms with Crippen LogP contribution in [0.4, 0.5) is 0 Å². The highest BCUT2D eigenvalue weighted by Gasteiger charge is 2.20. The van der Waals surface area contributed by atoms with Crippen molar-refractivity contribution < 1.29 is 0 Å². The summed E-state index contributed by atoms with van der Waals surface area (Å²) in [5, 5.41) is 4.70. The molecule has 98 valence electrons. The summed E-state index contributed by atoms with van der Waals surface area (Å²) in [5.41, 5.74) is 1.52. The van der Waals surface area contributed by atoms with E-state index in [9.17, 15) is 0 Å². The van der Waals surface area contributed by atoms with Crippen LogP contribution in [-0.2, 0) is 6.42 Å². The zero-order valence-corrected chi connectivity index (χ0v) is 12.1. The zero-order valence-electron chi connectivity index (χ0n) is 11.3. The van der Waals surface area contributed by atoms with Crippen molar-refractivity contribution in [2.24, 2.45) is 4.99 Å². The van der Waals surface area contributed by atoms with E-state index in [0.717, 1.165) is 24.6 Å². The van der Waals surface area contributed by atoms with Gasteiger partial charge in [-0.1, -0.05) is 42.1 Å². The number of aliphatic imine (C=N–C) groups is 1. The molecule has 2 rings (SSSR count). The van der Waals surface area contributed by atoms with E-state index in [1.54, 1.807) is 0 Å². The van der Waals surface area contributed by atoms with Crippen molar-refractivity contribution in [3.63, 3.8) is 0 Å². The minimum atomic E-state index is 0.110. The van der Waals surface area contributed by atoms with Crippen molar-refractivity contribution in [1.82, 2.24) is 5.32 Å². The fourth-order valence-electron chi connectivity index (χ4n) is 1.99. The normalized spacial score (nSPS) is 16.2. The number of aryl methyl sites for hydroxylation is 1. The third-order valence-corrected chi connectivity index (χ3v) is 4.12. The Balaban J connectivity index is 1.85. The molecule has 0 atom stereocenters. The SMILES string of the molecule is CC(C)(CCc1ccccc1)NC1=NCCCS1. The second-order valence-corrected chi connectivity index (χ2v) is 6.47. The molecule has 1 aliphatic heterocycles. The fraction of sp³-hybridized carbons (Fsp3) is 0.533. The molecule has 1 heterocycles. The predicted molar refractivity (Wildman–Crippen MR) is 81.4 cm³/mol. The summed E-state index contributed by atoms with van der Waals surface area (Å²) in [6.45, 7) is 5.49. The van der Waals surface area contributed by atoms with Crippen LogP contribution in [0, 0.1) is 0 Å². The van der Waals surface area contributed by atoms with E-state index in [2.05, 4.69) is 54.5 Å². The summed E-state index contributed by atoms with van der Waals surface area (Å²) in [5.74, 6) is 1.20. The number of benzene rings is 1. The van der Waals surface area contributed by atoms with Gasteiger partial charge in [-0.3, -0.25) is 4.99 Å². The largest absolute Gasteiger partial charge is 0.360 e. The van der Waals surface area contributed by atoms with Gasteiger partial charge in [0, 0.05) is 17.8 Å². The van der Waals surface area contributed by atoms with E-state index >= 15 is 0 Å². The number of rotatable bonds is 4. The number of nitrogens with zero attached hydrogens (tertiary/aromatic N) is 1. The zero-order chi connectivity index (χ0) is 12.8. The van der Waals surface area contributed by atoms with Gasteiger partial charge in [-0.2, -0.15) is 0 Å². The first kappa shape index (κ1) is 13.5. The summed E-state index contributed by atoms with van der Waals surface area (Å²) in [4.78, 5) is 4.54. The molecule has 0 spiro atoms. The lowest BCUT2D eigenvalue weighted by Crippen LogP contribution is -2.43. The molecule has 0 fully saturated rings. The molecule has 1 aromatic rings. The molecule has 0 amide bonds. The highest BCUT2D eigenvalue weighted by Crippen LogP contribution is 2.18. The lowest BCUT2D eigenvalue weighted by Gasteiger charge is -2.29. The molecule has 2 nitrogen and oxygen atoms in total. The Labute approximate surface area is 114 Å². The van der Waals surface area contributed by atoms with Gasteiger partial charge >= 0.3 is 0 Å². The summed E-state index contributed by atoms with van der Waals surface area (Å²) < 4.78 is 0. The highest BCUT2D eigenvalue weighted by atomic mass is 32.2. The topological polar surface area (TPSA) is 24.4 Å². The highest BCUT2D eigenvalue weighted by molar-refractivity contribution is 8.13. The lowest BCUT2D eigenvalue weighted by molar-refractivity contribution is 0.427. The Morgan fingerprint density at radius 2 is 2.06 bits per heavy atom. The molecular formula is C15H22N2S. The van der Waals surface area contributed by atoms with Crippen LogP contribution in [0.3, 0.4) is 0 Å². The van der Waals surface area contributed by atoms with Crippen molar-refractivity contribution >= 4 is 16.9 Å². The minimum Gasteiger partial charge on any atom is -0.360 e. The van der Waals surface area contributed by atoms with Gasteiger partial charge in [0.15, 0.2) is 5.17 Å². The first-order valence-corrected chi connectivity index (χ1v) is 7.64. The van der Waals surface area contributed by atoms with Gasteiger partial charge < -0.3 is 5.32 Å². The van der Waals surface area contributed by atoms with Crippen molar-refractivity contribution in [2.45, 2.75) is 38.6 Å². The Hall–Kier alpha value is -0.960. The molecule has 0 aliphatic carbocycles. The molecule has 1 N–H and O–H groups in total. The van der Waals surface area contributed by atoms with Crippen LogP contribution in [0.1, 0.15) is 32.3 Å². The molecule has 0 saturated heterocycles. The molecule has 0 aromatic heterocycles. The number of amidine groups is 1. The molecule has 1 aromatic carbocycles. The van der Waals surface area contributed by atoms with Crippen molar-refractivity contribution in [2.75, 3.05) is 12.3 Å². The van der Waals surface area contributed by atoms with E-state index in [4.69, 9.17) is 0 Å². The number of hydrogen-bond acceptors (Lipinski definition) is 3. The quantitative estimate of drug-likeness (QED) is 0.898. The van der Waals surface area contributed by atoms with Crippen LogP contribution < -0.4 is 5.32 Å². The molecule has 3 heteroatoms. The second kappa shape index (κ2) is 6.28. The van der Waals surface area contributed by atoms with Crippen LogP contribution in [0.2, 0.25) is 0 Å². The van der Waals surface area contributed by atoms with E-state index < -0.39 is 0 Å². The maximum atomic E-state index is 4.54. The van der Waals surface area contributed by atoms with Crippen LogP contribution in [-0.4, -0.2) is 23.0 Å². The first-order chi connectivity index (χ1) is 8.66. The lowest BCUT2D eigenvalue weighted by atomic mass is 9.95. The average molecular weight is 262 g/mol. The third kappa shape index (κ3) is 4.37. The number of hydrogen-bond donors (Lipinski definition) is 1.